The lowest BCUT2D eigenvalue weighted by atomic mass is 10.2. The van der Waals surface area contributed by atoms with Crippen LogP contribution in [0.2, 0.25) is 5.02 Å². The number of halogens is 1. The van der Waals surface area contributed by atoms with Gasteiger partial charge in [-0.15, -0.1) is 0 Å². The average Bonchev–Trinajstić information content (AvgIpc) is 3.00. The Hall–Kier alpha value is -2.79. The first kappa shape index (κ1) is 16.1. The molecule has 0 aliphatic heterocycles. The van der Waals surface area contributed by atoms with Crippen molar-refractivity contribution in [2.75, 3.05) is 0 Å². The number of nitrogens with one attached hydrogen (secondary N) is 2. The van der Waals surface area contributed by atoms with Crippen LogP contribution in [0.1, 0.15) is 12.5 Å². The fraction of sp³-hybridized carbons (Fsp3) is 0.111. The first-order valence-electron chi connectivity index (χ1n) is 7.45. The van der Waals surface area contributed by atoms with Gasteiger partial charge in [0.15, 0.2) is 6.10 Å². The minimum absolute atomic E-state index is 0.332. The Bertz CT molecular complexity index is 871. The van der Waals surface area contributed by atoms with E-state index in [0.717, 1.165) is 16.5 Å². The number of aromatic nitrogens is 1. The molecule has 24 heavy (non-hydrogen) atoms. The summed E-state index contributed by atoms with van der Waals surface area (Å²) in [6.07, 6.45) is 2.77. The van der Waals surface area contributed by atoms with Gasteiger partial charge < -0.3 is 9.72 Å². The molecule has 5 nitrogen and oxygen atoms in total. The molecular weight excluding hydrogens is 326 g/mol. The molecule has 0 bridgehead atoms. The topological polar surface area (TPSA) is 66.5 Å². The average molecular weight is 342 g/mol. The van der Waals surface area contributed by atoms with Crippen LogP contribution in [0.3, 0.4) is 0 Å². The highest BCUT2D eigenvalue weighted by Gasteiger charge is 2.13. The molecule has 122 valence electrons. The van der Waals surface area contributed by atoms with E-state index in [1.54, 1.807) is 37.4 Å². The Balaban J connectivity index is 1.59. The summed E-state index contributed by atoms with van der Waals surface area (Å²) in [5.74, 6) is 0.240. The first-order valence-corrected chi connectivity index (χ1v) is 7.82. The third-order valence-corrected chi connectivity index (χ3v) is 3.75. The highest BCUT2D eigenvalue weighted by atomic mass is 35.5. The molecule has 3 aromatic rings. The fourth-order valence-corrected chi connectivity index (χ4v) is 2.35. The van der Waals surface area contributed by atoms with Crippen molar-refractivity contribution >= 4 is 34.6 Å². The SMILES string of the molecule is CC(Oc1ccc(Cl)cc1)C(=O)N/N=C/c1c[nH]c2ccccc12. The minimum Gasteiger partial charge on any atom is -0.481 e. The van der Waals surface area contributed by atoms with Gasteiger partial charge in [-0.2, -0.15) is 5.10 Å². The number of hydrazone groups is 1. The van der Waals surface area contributed by atoms with Gasteiger partial charge in [-0.25, -0.2) is 5.43 Å². The Morgan fingerprint density at radius 3 is 2.79 bits per heavy atom. The van der Waals surface area contributed by atoms with Crippen LogP contribution in [0, 0.1) is 0 Å². The second-order valence-corrected chi connectivity index (χ2v) is 5.67. The predicted molar refractivity (Wildman–Crippen MR) is 95.6 cm³/mol. The Kier molecular flexibility index (Phi) is 4.82. The van der Waals surface area contributed by atoms with E-state index in [0.29, 0.717) is 10.8 Å². The third-order valence-electron chi connectivity index (χ3n) is 3.50. The molecule has 1 unspecified atom stereocenters. The summed E-state index contributed by atoms with van der Waals surface area (Å²) >= 11 is 5.81. The van der Waals surface area contributed by atoms with Crippen LogP contribution >= 0.6 is 11.6 Å². The Morgan fingerprint density at radius 2 is 2.00 bits per heavy atom. The number of hydrogen-bond donors (Lipinski definition) is 2. The molecule has 3 rings (SSSR count). The maximum absolute atomic E-state index is 12.0. The quantitative estimate of drug-likeness (QED) is 0.548. The summed E-state index contributed by atoms with van der Waals surface area (Å²) in [4.78, 5) is 15.2. The second-order valence-electron chi connectivity index (χ2n) is 5.24. The predicted octanol–water partition coefficient (Wildman–Crippen LogP) is 3.74. The molecule has 0 aliphatic rings. The van der Waals surface area contributed by atoms with Crippen molar-refractivity contribution in [3.05, 3.63) is 65.3 Å². The molecule has 0 saturated carbocycles. The summed E-state index contributed by atoms with van der Waals surface area (Å²) in [5, 5.41) is 5.65. The zero-order valence-corrected chi connectivity index (χ0v) is 13.7. The molecule has 1 amide bonds. The highest BCUT2D eigenvalue weighted by Crippen LogP contribution is 2.17. The molecule has 6 heteroatoms. The summed E-state index contributed by atoms with van der Waals surface area (Å²) in [7, 11) is 0. The normalized spacial score (nSPS) is 12.4. The lowest BCUT2D eigenvalue weighted by Gasteiger charge is -2.12. The van der Waals surface area contributed by atoms with Crippen LogP contribution in [0.25, 0.3) is 10.9 Å². The number of amides is 1. The molecule has 1 heterocycles. The highest BCUT2D eigenvalue weighted by molar-refractivity contribution is 6.30. The van der Waals surface area contributed by atoms with E-state index in [4.69, 9.17) is 16.3 Å². The standard InChI is InChI=1S/C18H16ClN3O2/c1-12(24-15-8-6-14(19)7-9-15)18(23)22-21-11-13-10-20-17-5-3-2-4-16(13)17/h2-12,20H,1H3,(H,22,23)/b21-11+. The van der Waals surface area contributed by atoms with Gasteiger partial charge in [0.25, 0.3) is 5.91 Å². The van der Waals surface area contributed by atoms with Gasteiger partial charge in [0.2, 0.25) is 0 Å². The van der Waals surface area contributed by atoms with Gasteiger partial charge in [-0.1, -0.05) is 29.8 Å². The zero-order chi connectivity index (χ0) is 16.9. The van der Waals surface area contributed by atoms with Crippen molar-refractivity contribution in [1.29, 1.82) is 0 Å². The summed E-state index contributed by atoms with van der Waals surface area (Å²) in [6.45, 7) is 1.66. The van der Waals surface area contributed by atoms with Gasteiger partial charge in [-0.3, -0.25) is 4.79 Å². The number of nitrogens with zero attached hydrogens (tertiary/aromatic N) is 1. The molecule has 0 aliphatic carbocycles. The van der Waals surface area contributed by atoms with Crippen molar-refractivity contribution < 1.29 is 9.53 Å². The number of carbonyl (C=O) groups excluding carboxylic acids is 1. The first-order chi connectivity index (χ1) is 11.6. The van der Waals surface area contributed by atoms with Gasteiger partial charge in [0.1, 0.15) is 5.75 Å². The molecule has 2 N–H and O–H groups in total. The maximum atomic E-state index is 12.0. The number of H-pyrrole nitrogens is 1. The van der Waals surface area contributed by atoms with E-state index in [-0.39, 0.29) is 5.91 Å². The van der Waals surface area contributed by atoms with Crippen LogP contribution in [0.5, 0.6) is 5.75 Å². The maximum Gasteiger partial charge on any atom is 0.280 e. The van der Waals surface area contributed by atoms with Crippen molar-refractivity contribution in [2.24, 2.45) is 5.10 Å². The zero-order valence-electron chi connectivity index (χ0n) is 13.0. The number of benzene rings is 2. The number of para-hydroxylation sites is 1. The van der Waals surface area contributed by atoms with E-state index in [9.17, 15) is 4.79 Å². The van der Waals surface area contributed by atoms with Crippen LogP contribution in [0.15, 0.2) is 59.8 Å². The fourth-order valence-electron chi connectivity index (χ4n) is 2.23. The summed E-state index contributed by atoms with van der Waals surface area (Å²) in [6, 6.07) is 14.7. The lowest BCUT2D eigenvalue weighted by Crippen LogP contribution is -2.33. The summed E-state index contributed by atoms with van der Waals surface area (Å²) in [5.41, 5.74) is 4.40. The number of rotatable bonds is 5. The number of aromatic amines is 1. The van der Waals surface area contributed by atoms with Gasteiger partial charge in [0, 0.05) is 27.7 Å². The molecule has 0 fully saturated rings. The molecule has 1 aromatic heterocycles. The van der Waals surface area contributed by atoms with E-state index >= 15 is 0 Å². The van der Waals surface area contributed by atoms with E-state index in [1.807, 2.05) is 30.5 Å². The van der Waals surface area contributed by atoms with Crippen LogP contribution < -0.4 is 10.2 Å². The molecule has 2 aromatic carbocycles. The van der Waals surface area contributed by atoms with Crippen LogP contribution in [0.4, 0.5) is 0 Å². The number of fused-ring (bicyclic) bond motifs is 1. The Morgan fingerprint density at radius 1 is 1.25 bits per heavy atom. The largest absolute Gasteiger partial charge is 0.481 e. The third kappa shape index (κ3) is 3.75. The van der Waals surface area contributed by atoms with Crippen molar-refractivity contribution in [2.45, 2.75) is 13.0 Å². The van der Waals surface area contributed by atoms with E-state index in [2.05, 4.69) is 15.5 Å². The van der Waals surface area contributed by atoms with Gasteiger partial charge >= 0.3 is 0 Å². The number of hydrogen-bond acceptors (Lipinski definition) is 3. The second kappa shape index (κ2) is 7.19. The number of carbonyl (C=O) groups is 1. The molecule has 0 radical (unpaired) electrons. The van der Waals surface area contributed by atoms with Crippen LogP contribution in [-0.2, 0) is 4.79 Å². The van der Waals surface area contributed by atoms with E-state index < -0.39 is 6.10 Å². The minimum atomic E-state index is -0.675. The van der Waals surface area contributed by atoms with Crippen molar-refractivity contribution in [3.63, 3.8) is 0 Å². The number of ether oxygens (including phenoxy) is 1. The van der Waals surface area contributed by atoms with Gasteiger partial charge in [-0.05, 0) is 37.3 Å². The monoisotopic (exact) mass is 341 g/mol. The van der Waals surface area contributed by atoms with Crippen LogP contribution in [-0.4, -0.2) is 23.2 Å². The van der Waals surface area contributed by atoms with Gasteiger partial charge in [0.05, 0.1) is 6.21 Å². The summed E-state index contributed by atoms with van der Waals surface area (Å²) < 4.78 is 5.54. The molecule has 1 atom stereocenters. The molecule has 0 saturated heterocycles. The Labute approximate surface area is 144 Å². The van der Waals surface area contributed by atoms with Crippen molar-refractivity contribution in [1.82, 2.24) is 10.4 Å². The lowest BCUT2D eigenvalue weighted by molar-refractivity contribution is -0.127. The van der Waals surface area contributed by atoms with E-state index in [1.165, 1.54) is 0 Å². The smallest absolute Gasteiger partial charge is 0.280 e. The van der Waals surface area contributed by atoms with Crippen molar-refractivity contribution in [3.8, 4) is 5.75 Å². The molecule has 0 spiro atoms. The molecular formula is C18H16ClN3O2.